The van der Waals surface area contributed by atoms with Gasteiger partial charge in [0.2, 0.25) is 0 Å². The molecule has 1 atom stereocenters. The second kappa shape index (κ2) is 4.77. The molecule has 0 aliphatic heterocycles. The smallest absolute Gasteiger partial charge is 0.403 e. The average Bonchev–Trinajstić information content (AvgIpc) is 2.86. The lowest BCUT2D eigenvalue weighted by molar-refractivity contribution is -0.402. The number of rotatable bonds is 3. The van der Waals surface area contributed by atoms with E-state index in [2.05, 4.69) is 15.9 Å². The summed E-state index contributed by atoms with van der Waals surface area (Å²) in [5, 5.41) is 20.9. The average molecular weight is 339 g/mol. The molecule has 17 heavy (non-hydrogen) atoms. The molecule has 0 radical (unpaired) electrons. The number of halogens is 2. The van der Waals surface area contributed by atoms with E-state index in [0.717, 1.165) is 0 Å². The third-order valence-electron chi connectivity index (χ3n) is 2.00. The Morgan fingerprint density at radius 1 is 1.59 bits per heavy atom. The summed E-state index contributed by atoms with van der Waals surface area (Å²) < 4.78 is 5.60. The summed E-state index contributed by atoms with van der Waals surface area (Å²) in [6.45, 7) is 0. The van der Waals surface area contributed by atoms with Crippen LogP contribution in [0.25, 0.3) is 0 Å². The normalized spacial score (nSPS) is 12.6. The zero-order valence-electron chi connectivity index (χ0n) is 8.09. The van der Waals surface area contributed by atoms with E-state index in [9.17, 15) is 15.2 Å². The molecule has 0 amide bonds. The summed E-state index contributed by atoms with van der Waals surface area (Å²) in [5.74, 6) is -0.289. The van der Waals surface area contributed by atoms with Crippen molar-refractivity contribution in [3.05, 3.63) is 47.8 Å². The Hall–Kier alpha value is -0.890. The molecule has 0 spiro atoms. The summed E-state index contributed by atoms with van der Waals surface area (Å²) in [5.41, 5.74) is 0. The van der Waals surface area contributed by atoms with Crippen molar-refractivity contribution in [1.29, 1.82) is 0 Å². The molecule has 1 unspecified atom stereocenters. The maximum atomic E-state index is 10.4. The second-order valence-corrected chi connectivity index (χ2v) is 5.91. The van der Waals surface area contributed by atoms with E-state index in [1.165, 1.54) is 23.5 Å². The fourth-order valence-corrected chi connectivity index (χ4v) is 2.97. The van der Waals surface area contributed by atoms with Crippen molar-refractivity contribution >= 4 is 44.8 Å². The van der Waals surface area contributed by atoms with Crippen LogP contribution in [0.3, 0.4) is 0 Å². The predicted octanol–water partition coefficient (Wildman–Crippen LogP) is 3.75. The van der Waals surface area contributed by atoms with Gasteiger partial charge in [-0.05, 0) is 28.1 Å². The van der Waals surface area contributed by atoms with Crippen molar-refractivity contribution < 1.29 is 14.4 Å². The fourth-order valence-electron chi connectivity index (χ4n) is 1.23. The van der Waals surface area contributed by atoms with Crippen molar-refractivity contribution in [2.45, 2.75) is 6.10 Å². The molecule has 0 aliphatic rings. The van der Waals surface area contributed by atoms with Gasteiger partial charge < -0.3 is 9.52 Å². The van der Waals surface area contributed by atoms with Crippen LogP contribution in [0.1, 0.15) is 16.7 Å². The van der Waals surface area contributed by atoms with Gasteiger partial charge in [0.05, 0.1) is 14.9 Å². The number of aliphatic hydroxyl groups is 1. The van der Waals surface area contributed by atoms with Crippen LogP contribution in [0.5, 0.6) is 0 Å². The minimum atomic E-state index is -1.06. The lowest BCUT2D eigenvalue weighted by Gasteiger charge is -2.02. The first-order valence-corrected chi connectivity index (χ1v) is 6.34. The van der Waals surface area contributed by atoms with E-state index in [1.807, 2.05) is 0 Å². The summed E-state index contributed by atoms with van der Waals surface area (Å²) >= 11 is 10.3. The molecular formula is C9H5BrClNO4S. The second-order valence-electron chi connectivity index (χ2n) is 3.11. The zero-order chi connectivity index (χ0) is 12.6. The van der Waals surface area contributed by atoms with Crippen molar-refractivity contribution in [2.24, 2.45) is 0 Å². The summed E-state index contributed by atoms with van der Waals surface area (Å²) in [4.78, 5) is 10.3. The molecule has 90 valence electrons. The standard InChI is InChI=1S/C9H5BrClNO4S/c10-9-4(11)3-6(17-9)8(13)5-1-2-7(16-5)12(14)15/h1-3,8,13H. The first kappa shape index (κ1) is 12.6. The van der Waals surface area contributed by atoms with E-state index in [0.29, 0.717) is 13.7 Å². The molecule has 8 heteroatoms. The molecule has 0 bridgehead atoms. The third-order valence-corrected chi connectivity index (χ3v) is 4.52. The number of nitro groups is 1. The van der Waals surface area contributed by atoms with Crippen LogP contribution in [0, 0.1) is 10.1 Å². The zero-order valence-corrected chi connectivity index (χ0v) is 11.3. The van der Waals surface area contributed by atoms with E-state index in [4.69, 9.17) is 16.0 Å². The van der Waals surface area contributed by atoms with Gasteiger partial charge in [0.1, 0.15) is 16.8 Å². The highest BCUT2D eigenvalue weighted by Gasteiger charge is 2.21. The molecule has 1 N–H and O–H groups in total. The van der Waals surface area contributed by atoms with Gasteiger partial charge in [-0.15, -0.1) is 11.3 Å². The summed E-state index contributed by atoms with van der Waals surface area (Å²) in [6.07, 6.45) is -1.06. The molecule has 0 aliphatic carbocycles. The highest BCUT2D eigenvalue weighted by Crippen LogP contribution is 2.38. The lowest BCUT2D eigenvalue weighted by Crippen LogP contribution is -1.94. The van der Waals surface area contributed by atoms with E-state index in [-0.39, 0.29) is 5.76 Å². The van der Waals surface area contributed by atoms with Crippen molar-refractivity contribution in [3.8, 4) is 0 Å². The largest absolute Gasteiger partial charge is 0.433 e. The van der Waals surface area contributed by atoms with Crippen LogP contribution in [0.2, 0.25) is 5.02 Å². The minimum absolute atomic E-state index is 0.113. The Labute approximate surface area is 113 Å². The quantitative estimate of drug-likeness (QED) is 0.683. The summed E-state index contributed by atoms with van der Waals surface area (Å²) in [7, 11) is 0. The third kappa shape index (κ3) is 2.52. The number of hydrogen-bond donors (Lipinski definition) is 1. The Bertz CT molecular complexity index is 548. The predicted molar refractivity (Wildman–Crippen MR) is 66.5 cm³/mol. The topological polar surface area (TPSA) is 76.5 Å². The SMILES string of the molecule is O=[N+]([O-])c1ccc(C(O)c2cc(Cl)c(Br)s2)o1. The molecule has 0 saturated carbocycles. The molecule has 2 rings (SSSR count). The van der Waals surface area contributed by atoms with Gasteiger partial charge in [0, 0.05) is 4.88 Å². The van der Waals surface area contributed by atoms with E-state index >= 15 is 0 Å². The van der Waals surface area contributed by atoms with Gasteiger partial charge in [-0.1, -0.05) is 11.6 Å². The van der Waals surface area contributed by atoms with Crippen molar-refractivity contribution in [2.75, 3.05) is 0 Å². The van der Waals surface area contributed by atoms with Crippen LogP contribution in [0.15, 0.2) is 26.4 Å². The lowest BCUT2D eigenvalue weighted by atomic mass is 10.2. The molecule has 0 aromatic carbocycles. The molecular weight excluding hydrogens is 334 g/mol. The van der Waals surface area contributed by atoms with Crippen LogP contribution in [0.4, 0.5) is 5.88 Å². The van der Waals surface area contributed by atoms with Gasteiger partial charge in [0.15, 0.2) is 0 Å². The van der Waals surface area contributed by atoms with Crippen LogP contribution >= 0.6 is 38.9 Å². The maximum absolute atomic E-state index is 10.4. The highest BCUT2D eigenvalue weighted by atomic mass is 79.9. The van der Waals surface area contributed by atoms with E-state index in [1.54, 1.807) is 6.07 Å². The number of aliphatic hydroxyl groups excluding tert-OH is 1. The van der Waals surface area contributed by atoms with E-state index < -0.39 is 16.9 Å². The molecule has 0 saturated heterocycles. The molecule has 5 nitrogen and oxygen atoms in total. The molecule has 2 heterocycles. The monoisotopic (exact) mass is 337 g/mol. The van der Waals surface area contributed by atoms with Crippen LogP contribution in [-0.2, 0) is 0 Å². The number of nitrogens with zero attached hydrogens (tertiary/aromatic N) is 1. The van der Waals surface area contributed by atoms with Gasteiger partial charge in [-0.2, -0.15) is 0 Å². The first-order valence-electron chi connectivity index (χ1n) is 4.36. The Kier molecular flexibility index (Phi) is 3.53. The van der Waals surface area contributed by atoms with Crippen LogP contribution < -0.4 is 0 Å². The highest BCUT2D eigenvalue weighted by molar-refractivity contribution is 9.11. The van der Waals surface area contributed by atoms with Crippen molar-refractivity contribution in [1.82, 2.24) is 0 Å². The molecule has 2 aromatic rings. The Balaban J connectivity index is 2.30. The van der Waals surface area contributed by atoms with Gasteiger partial charge >= 0.3 is 5.88 Å². The Morgan fingerprint density at radius 3 is 2.76 bits per heavy atom. The number of hydrogen-bond acceptors (Lipinski definition) is 5. The molecule has 2 aromatic heterocycles. The van der Waals surface area contributed by atoms with Gasteiger partial charge in [0.25, 0.3) is 0 Å². The Morgan fingerprint density at radius 2 is 2.29 bits per heavy atom. The number of furan rings is 1. The fraction of sp³-hybridized carbons (Fsp3) is 0.111. The molecule has 0 fully saturated rings. The summed E-state index contributed by atoms with van der Waals surface area (Å²) in [6, 6.07) is 4.14. The van der Waals surface area contributed by atoms with Gasteiger partial charge in [-0.25, -0.2) is 0 Å². The number of thiophene rings is 1. The minimum Gasteiger partial charge on any atom is -0.403 e. The van der Waals surface area contributed by atoms with Crippen molar-refractivity contribution in [3.63, 3.8) is 0 Å². The first-order chi connectivity index (χ1) is 7.99. The maximum Gasteiger partial charge on any atom is 0.433 e. The van der Waals surface area contributed by atoms with Crippen LogP contribution in [-0.4, -0.2) is 10.0 Å². The van der Waals surface area contributed by atoms with Gasteiger partial charge in [-0.3, -0.25) is 10.1 Å².